The number of nitrogens with zero attached hydrogens (tertiary/aromatic N) is 1. The Bertz CT molecular complexity index is 728. The number of benzene rings is 2. The van der Waals surface area contributed by atoms with Crippen molar-refractivity contribution in [1.29, 1.82) is 0 Å². The maximum Gasteiger partial charge on any atom is 0.227 e. The van der Waals surface area contributed by atoms with Crippen LogP contribution in [0.3, 0.4) is 0 Å². The number of aryl methyl sites for hydroxylation is 1. The van der Waals surface area contributed by atoms with Gasteiger partial charge in [-0.1, -0.05) is 12.1 Å². The van der Waals surface area contributed by atoms with Crippen LogP contribution in [0, 0.1) is 13.8 Å². The van der Waals surface area contributed by atoms with Gasteiger partial charge in [-0.3, -0.25) is 0 Å². The third-order valence-electron chi connectivity index (χ3n) is 3.25. The van der Waals surface area contributed by atoms with Gasteiger partial charge in [-0.25, -0.2) is 4.98 Å². The van der Waals surface area contributed by atoms with E-state index < -0.39 is 0 Å². The monoisotopic (exact) mass is 238 g/mol. The summed E-state index contributed by atoms with van der Waals surface area (Å²) in [5, 5.41) is 0. The van der Waals surface area contributed by atoms with Crippen molar-refractivity contribution < 1.29 is 4.42 Å². The third kappa shape index (κ3) is 1.64. The van der Waals surface area contributed by atoms with Gasteiger partial charge in [-0.05, 0) is 43.2 Å². The van der Waals surface area contributed by atoms with E-state index in [1.165, 1.54) is 11.1 Å². The summed E-state index contributed by atoms with van der Waals surface area (Å²) < 4.78 is 5.78. The lowest BCUT2D eigenvalue weighted by molar-refractivity contribution is 0.619. The molecule has 0 unspecified atom stereocenters. The average Bonchev–Trinajstić information content (AvgIpc) is 2.75. The van der Waals surface area contributed by atoms with Crippen LogP contribution in [0.5, 0.6) is 0 Å². The molecule has 18 heavy (non-hydrogen) atoms. The topological polar surface area (TPSA) is 52.0 Å². The molecule has 2 aromatic carbocycles. The number of aromatic nitrogens is 1. The van der Waals surface area contributed by atoms with Gasteiger partial charge >= 0.3 is 0 Å². The first kappa shape index (κ1) is 10.8. The fourth-order valence-electron chi connectivity index (χ4n) is 2.04. The Morgan fingerprint density at radius 3 is 2.78 bits per heavy atom. The molecule has 3 aromatic rings. The number of fused-ring (bicyclic) bond motifs is 1. The lowest BCUT2D eigenvalue weighted by atomic mass is 10.0. The number of rotatable bonds is 1. The fourth-order valence-corrected chi connectivity index (χ4v) is 2.04. The molecule has 0 aliphatic rings. The molecule has 0 fully saturated rings. The standard InChI is InChI=1S/C15H14N2O/c1-9-4-3-5-12(10(9)2)15-17-13-7-6-11(16)8-14(13)18-15/h3-8H,16H2,1-2H3. The Labute approximate surface area is 105 Å². The molecule has 0 amide bonds. The summed E-state index contributed by atoms with van der Waals surface area (Å²) in [4.78, 5) is 4.50. The predicted octanol–water partition coefficient (Wildman–Crippen LogP) is 3.69. The minimum atomic E-state index is 0.650. The molecule has 3 nitrogen and oxygen atoms in total. The van der Waals surface area contributed by atoms with Gasteiger partial charge in [0.2, 0.25) is 5.89 Å². The van der Waals surface area contributed by atoms with Crippen LogP contribution in [0.4, 0.5) is 5.69 Å². The summed E-state index contributed by atoms with van der Waals surface area (Å²) in [6, 6.07) is 11.6. The Balaban J connectivity index is 2.22. The van der Waals surface area contributed by atoms with E-state index in [-0.39, 0.29) is 0 Å². The van der Waals surface area contributed by atoms with Crippen LogP contribution in [-0.2, 0) is 0 Å². The normalized spacial score (nSPS) is 11.0. The molecule has 0 saturated heterocycles. The van der Waals surface area contributed by atoms with Gasteiger partial charge in [0.25, 0.3) is 0 Å². The van der Waals surface area contributed by atoms with Crippen molar-refractivity contribution in [1.82, 2.24) is 4.98 Å². The number of oxazole rings is 1. The molecule has 3 heteroatoms. The predicted molar refractivity (Wildman–Crippen MR) is 73.3 cm³/mol. The van der Waals surface area contributed by atoms with E-state index in [1.807, 2.05) is 24.3 Å². The summed E-state index contributed by atoms with van der Waals surface area (Å²) in [5.74, 6) is 0.650. The molecule has 0 aliphatic carbocycles. The zero-order chi connectivity index (χ0) is 12.7. The molecule has 90 valence electrons. The first-order valence-corrected chi connectivity index (χ1v) is 5.88. The zero-order valence-corrected chi connectivity index (χ0v) is 10.4. The van der Waals surface area contributed by atoms with Gasteiger partial charge in [0.1, 0.15) is 5.52 Å². The van der Waals surface area contributed by atoms with Gasteiger partial charge in [0.05, 0.1) is 0 Å². The van der Waals surface area contributed by atoms with Crippen LogP contribution in [0.1, 0.15) is 11.1 Å². The average molecular weight is 238 g/mol. The van der Waals surface area contributed by atoms with Crippen molar-refractivity contribution in [3.05, 3.63) is 47.5 Å². The van der Waals surface area contributed by atoms with Gasteiger partial charge in [-0.2, -0.15) is 0 Å². The first-order valence-electron chi connectivity index (χ1n) is 5.88. The van der Waals surface area contributed by atoms with Crippen molar-refractivity contribution in [2.24, 2.45) is 0 Å². The number of hydrogen-bond donors (Lipinski definition) is 1. The summed E-state index contributed by atoms with van der Waals surface area (Å²) in [6.07, 6.45) is 0. The number of anilines is 1. The summed E-state index contributed by atoms with van der Waals surface area (Å²) in [7, 11) is 0. The van der Waals surface area contributed by atoms with Crippen LogP contribution in [0.15, 0.2) is 40.8 Å². The molecule has 1 heterocycles. The largest absolute Gasteiger partial charge is 0.436 e. The van der Waals surface area contributed by atoms with E-state index >= 15 is 0 Å². The minimum absolute atomic E-state index is 0.650. The highest BCUT2D eigenvalue weighted by Crippen LogP contribution is 2.28. The first-order chi connectivity index (χ1) is 8.65. The number of nitrogen functional groups attached to an aromatic ring is 1. The second kappa shape index (κ2) is 3.88. The molecule has 0 radical (unpaired) electrons. The van der Waals surface area contributed by atoms with Gasteiger partial charge in [-0.15, -0.1) is 0 Å². The lowest BCUT2D eigenvalue weighted by Crippen LogP contribution is -1.86. The Hall–Kier alpha value is -2.29. The molecular weight excluding hydrogens is 224 g/mol. The molecule has 1 aromatic heterocycles. The van der Waals surface area contributed by atoms with Crippen molar-refractivity contribution in [3.8, 4) is 11.5 Å². The van der Waals surface area contributed by atoms with E-state index in [2.05, 4.69) is 24.9 Å². The maximum absolute atomic E-state index is 5.78. The van der Waals surface area contributed by atoms with Crippen molar-refractivity contribution in [3.63, 3.8) is 0 Å². The Morgan fingerprint density at radius 2 is 1.94 bits per heavy atom. The van der Waals surface area contributed by atoms with E-state index in [1.54, 1.807) is 6.07 Å². The highest BCUT2D eigenvalue weighted by atomic mass is 16.3. The van der Waals surface area contributed by atoms with Crippen molar-refractivity contribution >= 4 is 16.8 Å². The van der Waals surface area contributed by atoms with Gasteiger partial charge in [0, 0.05) is 17.3 Å². The van der Waals surface area contributed by atoms with Crippen LogP contribution < -0.4 is 5.73 Å². The third-order valence-corrected chi connectivity index (χ3v) is 3.25. The highest BCUT2D eigenvalue weighted by Gasteiger charge is 2.11. The summed E-state index contributed by atoms with van der Waals surface area (Å²) in [6.45, 7) is 4.16. The minimum Gasteiger partial charge on any atom is -0.436 e. The zero-order valence-electron chi connectivity index (χ0n) is 10.4. The van der Waals surface area contributed by atoms with Crippen LogP contribution in [-0.4, -0.2) is 4.98 Å². The van der Waals surface area contributed by atoms with E-state index in [9.17, 15) is 0 Å². The Morgan fingerprint density at radius 1 is 1.11 bits per heavy atom. The Kier molecular flexibility index (Phi) is 2.33. The molecular formula is C15H14N2O. The van der Waals surface area contributed by atoms with Crippen LogP contribution in [0.2, 0.25) is 0 Å². The molecule has 0 atom stereocenters. The van der Waals surface area contributed by atoms with Crippen LogP contribution in [0.25, 0.3) is 22.6 Å². The second-order valence-corrected chi connectivity index (χ2v) is 4.49. The summed E-state index contributed by atoms with van der Waals surface area (Å²) >= 11 is 0. The summed E-state index contributed by atoms with van der Waals surface area (Å²) in [5.41, 5.74) is 11.4. The highest BCUT2D eigenvalue weighted by molar-refractivity contribution is 5.79. The van der Waals surface area contributed by atoms with Gasteiger partial charge in [0.15, 0.2) is 5.58 Å². The van der Waals surface area contributed by atoms with Crippen molar-refractivity contribution in [2.75, 3.05) is 5.73 Å². The quantitative estimate of drug-likeness (QED) is 0.658. The maximum atomic E-state index is 5.78. The lowest BCUT2D eigenvalue weighted by Gasteiger charge is -2.03. The molecule has 0 bridgehead atoms. The number of nitrogens with two attached hydrogens (primary N) is 1. The molecule has 2 N–H and O–H groups in total. The molecule has 0 spiro atoms. The van der Waals surface area contributed by atoms with Crippen molar-refractivity contribution in [2.45, 2.75) is 13.8 Å². The SMILES string of the molecule is Cc1cccc(-c2nc3ccc(N)cc3o2)c1C. The van der Waals surface area contributed by atoms with Crippen LogP contribution >= 0.6 is 0 Å². The van der Waals surface area contributed by atoms with Gasteiger partial charge < -0.3 is 10.2 Å². The smallest absolute Gasteiger partial charge is 0.227 e. The second-order valence-electron chi connectivity index (χ2n) is 4.49. The fraction of sp³-hybridized carbons (Fsp3) is 0.133. The molecule has 3 rings (SSSR count). The molecule has 0 aliphatic heterocycles. The number of hydrogen-bond acceptors (Lipinski definition) is 3. The molecule has 0 saturated carbocycles. The van der Waals surface area contributed by atoms with E-state index in [4.69, 9.17) is 10.2 Å². The van der Waals surface area contributed by atoms with E-state index in [0.29, 0.717) is 11.6 Å². The van der Waals surface area contributed by atoms with E-state index in [0.717, 1.165) is 16.7 Å².